The van der Waals surface area contributed by atoms with Crippen molar-refractivity contribution in [3.63, 3.8) is 0 Å². The van der Waals surface area contributed by atoms with Gasteiger partial charge in [-0.3, -0.25) is 0 Å². The Morgan fingerprint density at radius 3 is 1.71 bits per heavy atom. The van der Waals surface area contributed by atoms with Crippen LogP contribution in [0.3, 0.4) is 0 Å². The first-order chi connectivity index (χ1) is 29.0. The first-order valence-corrected chi connectivity index (χ1v) is 21.2. The molecule has 0 fully saturated rings. The Balaban J connectivity index is 1.14. The molecule has 0 aliphatic heterocycles. The highest BCUT2D eigenvalue weighted by Crippen LogP contribution is 2.52. The highest BCUT2D eigenvalue weighted by atomic mass is 32.1. The van der Waals surface area contributed by atoms with Crippen molar-refractivity contribution in [1.29, 1.82) is 0 Å². The molecule has 59 heavy (non-hydrogen) atoms. The highest BCUT2D eigenvalue weighted by molar-refractivity contribution is 7.26. The molecule has 1 nitrogen and oxygen atoms in total. The summed E-state index contributed by atoms with van der Waals surface area (Å²) < 4.78 is 2.63. The fourth-order valence-electron chi connectivity index (χ4n) is 9.50. The second-order valence-corrected chi connectivity index (χ2v) is 17.1. The second kappa shape index (κ2) is 14.1. The minimum absolute atomic E-state index is 0.0822. The van der Waals surface area contributed by atoms with Crippen molar-refractivity contribution in [3.8, 4) is 55.6 Å². The number of benzene rings is 9. The number of fused-ring (bicyclic) bond motifs is 6. The molecule has 0 saturated heterocycles. The van der Waals surface area contributed by atoms with Crippen LogP contribution in [0.4, 0.5) is 17.1 Å². The van der Waals surface area contributed by atoms with E-state index in [1.54, 1.807) is 0 Å². The van der Waals surface area contributed by atoms with Crippen molar-refractivity contribution in [1.82, 2.24) is 0 Å². The van der Waals surface area contributed by atoms with Gasteiger partial charge in [0.1, 0.15) is 0 Å². The van der Waals surface area contributed by atoms with Crippen LogP contribution >= 0.6 is 11.3 Å². The Labute approximate surface area is 350 Å². The van der Waals surface area contributed by atoms with Crippen molar-refractivity contribution < 1.29 is 0 Å². The molecule has 0 bridgehead atoms. The summed E-state index contributed by atoms with van der Waals surface area (Å²) in [5.74, 6) is 0. The molecule has 0 unspecified atom stereocenters. The van der Waals surface area contributed by atoms with E-state index in [-0.39, 0.29) is 5.41 Å². The number of anilines is 3. The molecule has 0 N–H and O–H groups in total. The summed E-state index contributed by atoms with van der Waals surface area (Å²) in [7, 11) is 0. The van der Waals surface area contributed by atoms with Gasteiger partial charge in [-0.1, -0.05) is 190 Å². The topological polar surface area (TPSA) is 3.24 Å². The predicted molar refractivity (Wildman–Crippen MR) is 253 cm³/mol. The van der Waals surface area contributed by atoms with Crippen molar-refractivity contribution in [3.05, 3.63) is 223 Å². The van der Waals surface area contributed by atoms with Crippen LogP contribution < -0.4 is 4.90 Å². The quantitative estimate of drug-likeness (QED) is 0.156. The number of rotatable bonds is 7. The zero-order valence-corrected chi connectivity index (χ0v) is 33.9. The van der Waals surface area contributed by atoms with E-state index in [9.17, 15) is 0 Å². The van der Waals surface area contributed by atoms with Crippen LogP contribution in [-0.2, 0) is 5.41 Å². The molecule has 2 heteroatoms. The zero-order valence-electron chi connectivity index (χ0n) is 33.1. The van der Waals surface area contributed by atoms with Gasteiger partial charge >= 0.3 is 0 Å². The average Bonchev–Trinajstić information content (AvgIpc) is 3.79. The Morgan fingerprint density at radius 2 is 0.898 bits per heavy atom. The monoisotopic (exact) mass is 771 g/mol. The van der Waals surface area contributed by atoms with E-state index in [2.05, 4.69) is 231 Å². The SMILES string of the molecule is CC1(C)c2ccccc2-c2cc(N(c3cccc(-c4cccc5c4sc4ccccc45)c3)c3ccccc3-c3ccccc3-c3ccccc3-c3ccccc3)ccc21. The van der Waals surface area contributed by atoms with Gasteiger partial charge in [-0.05, 0) is 97.6 Å². The molecule has 0 spiro atoms. The lowest BCUT2D eigenvalue weighted by molar-refractivity contribution is 0.660. The van der Waals surface area contributed by atoms with E-state index in [0.717, 1.165) is 17.1 Å². The molecular formula is C57H41NS. The van der Waals surface area contributed by atoms with Gasteiger partial charge in [-0.2, -0.15) is 0 Å². The number of hydrogen-bond donors (Lipinski definition) is 0. The van der Waals surface area contributed by atoms with Crippen LogP contribution in [0.1, 0.15) is 25.0 Å². The van der Waals surface area contributed by atoms with Crippen molar-refractivity contribution >= 4 is 48.6 Å². The lowest BCUT2D eigenvalue weighted by atomic mass is 9.82. The summed E-state index contributed by atoms with van der Waals surface area (Å²) in [6.45, 7) is 4.71. The highest BCUT2D eigenvalue weighted by Gasteiger charge is 2.35. The number of thiophene rings is 1. The Bertz CT molecular complexity index is 3210. The summed E-state index contributed by atoms with van der Waals surface area (Å²) in [6, 6.07) is 78.1. The van der Waals surface area contributed by atoms with Crippen molar-refractivity contribution in [2.45, 2.75) is 19.3 Å². The maximum Gasteiger partial charge on any atom is 0.0540 e. The average molecular weight is 772 g/mol. The van der Waals surface area contributed by atoms with Crippen LogP contribution in [-0.4, -0.2) is 0 Å². The van der Waals surface area contributed by atoms with Gasteiger partial charge in [0.15, 0.2) is 0 Å². The third-order valence-electron chi connectivity index (χ3n) is 12.3. The van der Waals surface area contributed by atoms with Crippen molar-refractivity contribution in [2.75, 3.05) is 4.90 Å². The Kier molecular flexibility index (Phi) is 8.43. The number of nitrogens with zero attached hydrogens (tertiary/aromatic N) is 1. The van der Waals surface area contributed by atoms with E-state index in [4.69, 9.17) is 0 Å². The second-order valence-electron chi connectivity index (χ2n) is 16.0. The van der Waals surface area contributed by atoms with Crippen LogP contribution in [0.5, 0.6) is 0 Å². The molecule has 9 aromatic carbocycles. The number of hydrogen-bond acceptors (Lipinski definition) is 2. The van der Waals surface area contributed by atoms with Gasteiger partial charge in [-0.15, -0.1) is 11.3 Å². The van der Waals surface area contributed by atoms with Gasteiger partial charge in [0.2, 0.25) is 0 Å². The first-order valence-electron chi connectivity index (χ1n) is 20.4. The molecule has 1 aliphatic rings. The lowest BCUT2D eigenvalue weighted by Gasteiger charge is -2.30. The van der Waals surface area contributed by atoms with E-state index in [0.29, 0.717) is 0 Å². The Morgan fingerprint density at radius 1 is 0.356 bits per heavy atom. The summed E-state index contributed by atoms with van der Waals surface area (Å²) >= 11 is 1.88. The summed E-state index contributed by atoms with van der Waals surface area (Å²) in [4.78, 5) is 2.48. The first kappa shape index (κ1) is 35.2. The number of para-hydroxylation sites is 1. The summed E-state index contributed by atoms with van der Waals surface area (Å²) in [5.41, 5.74) is 18.3. The van der Waals surface area contributed by atoms with Gasteiger partial charge in [-0.25, -0.2) is 0 Å². The molecule has 1 aliphatic carbocycles. The van der Waals surface area contributed by atoms with Crippen LogP contribution in [0.2, 0.25) is 0 Å². The van der Waals surface area contributed by atoms with Gasteiger partial charge < -0.3 is 4.90 Å². The van der Waals surface area contributed by atoms with Gasteiger partial charge in [0.05, 0.1) is 5.69 Å². The minimum atomic E-state index is -0.0822. The predicted octanol–water partition coefficient (Wildman–Crippen LogP) is 16.5. The standard InChI is InChI=1S/C57H41NS/c1-57(2)52-31-13-10-26-47(52)51-37-41(34-35-53(51)57)58(40-21-16-20-39(36-40)43-29-17-30-50-49-28-12-15-33-55(49)59-56(43)50)54-32-14-11-27-48(54)46-25-9-8-24-45(46)44-23-7-6-22-42(44)38-18-4-3-5-19-38/h3-37H,1-2H3. The molecule has 1 heterocycles. The van der Waals surface area contributed by atoms with Crippen LogP contribution in [0.15, 0.2) is 212 Å². The molecule has 0 atom stereocenters. The third kappa shape index (κ3) is 5.82. The molecule has 11 rings (SSSR count). The van der Waals surface area contributed by atoms with Crippen LogP contribution in [0, 0.1) is 0 Å². The van der Waals surface area contributed by atoms with E-state index in [1.165, 1.54) is 86.9 Å². The van der Waals surface area contributed by atoms with Gasteiger partial charge in [0.25, 0.3) is 0 Å². The molecule has 280 valence electrons. The fraction of sp³-hybridized carbons (Fsp3) is 0.0526. The largest absolute Gasteiger partial charge is 0.310 e. The maximum absolute atomic E-state index is 2.48. The lowest BCUT2D eigenvalue weighted by Crippen LogP contribution is -2.15. The fourth-order valence-corrected chi connectivity index (χ4v) is 10.7. The molecule has 0 radical (unpaired) electrons. The molecule has 0 saturated carbocycles. The smallest absolute Gasteiger partial charge is 0.0540 e. The molecule has 10 aromatic rings. The van der Waals surface area contributed by atoms with E-state index >= 15 is 0 Å². The summed E-state index contributed by atoms with van der Waals surface area (Å²) in [5, 5.41) is 2.62. The molecule has 1 aromatic heterocycles. The third-order valence-corrected chi connectivity index (χ3v) is 13.5. The van der Waals surface area contributed by atoms with Gasteiger partial charge in [0, 0.05) is 42.5 Å². The Hall–Kier alpha value is -7.00. The van der Waals surface area contributed by atoms with E-state index in [1.807, 2.05) is 11.3 Å². The summed E-state index contributed by atoms with van der Waals surface area (Å²) in [6.07, 6.45) is 0. The molecule has 0 amide bonds. The normalized spacial score (nSPS) is 12.7. The maximum atomic E-state index is 2.48. The minimum Gasteiger partial charge on any atom is -0.310 e. The zero-order chi connectivity index (χ0) is 39.5. The molecular weight excluding hydrogens is 731 g/mol. The van der Waals surface area contributed by atoms with Crippen LogP contribution in [0.25, 0.3) is 75.8 Å². The van der Waals surface area contributed by atoms with E-state index < -0.39 is 0 Å². The van der Waals surface area contributed by atoms with Crippen molar-refractivity contribution in [2.24, 2.45) is 0 Å².